The zero-order chi connectivity index (χ0) is 22.5. The maximum Gasteiger partial charge on any atom is 0.248 e. The first-order valence-electron chi connectivity index (χ1n) is 11.4. The highest BCUT2D eigenvalue weighted by molar-refractivity contribution is 5.88. The average molecular weight is 437 g/mol. The first-order chi connectivity index (χ1) is 15.6. The first-order valence-corrected chi connectivity index (χ1v) is 11.4. The van der Waals surface area contributed by atoms with Crippen molar-refractivity contribution in [1.29, 1.82) is 0 Å². The van der Waals surface area contributed by atoms with Gasteiger partial charge in [0.05, 0.1) is 17.3 Å². The second-order valence-corrected chi connectivity index (χ2v) is 8.38. The van der Waals surface area contributed by atoms with Crippen LogP contribution >= 0.6 is 0 Å². The molecule has 1 fully saturated rings. The highest BCUT2D eigenvalue weighted by Crippen LogP contribution is 2.29. The Balaban J connectivity index is 1.73. The lowest BCUT2D eigenvalue weighted by atomic mass is 10.1. The highest BCUT2D eigenvalue weighted by atomic mass is 16.5. The molecule has 0 N–H and O–H groups in total. The second kappa shape index (κ2) is 10.1. The first kappa shape index (κ1) is 22.2. The fourth-order valence-electron chi connectivity index (χ4n) is 4.28. The van der Waals surface area contributed by atoms with Crippen molar-refractivity contribution < 1.29 is 9.53 Å². The molecule has 8 nitrogen and oxygen atoms in total. The van der Waals surface area contributed by atoms with E-state index >= 15 is 0 Å². The minimum Gasteiger partial charge on any atom is -0.375 e. The van der Waals surface area contributed by atoms with E-state index in [0.29, 0.717) is 6.54 Å². The molecule has 3 aromatic rings. The van der Waals surface area contributed by atoms with E-state index in [4.69, 9.17) is 14.7 Å². The lowest BCUT2D eigenvalue weighted by Crippen LogP contribution is -2.37. The summed E-state index contributed by atoms with van der Waals surface area (Å²) in [6, 6.07) is 10.1. The lowest BCUT2D eigenvalue weighted by Gasteiger charge is -2.24. The number of anilines is 1. The van der Waals surface area contributed by atoms with Gasteiger partial charge in [-0.15, -0.1) is 0 Å². The molecule has 1 aliphatic heterocycles. The Hall–Kier alpha value is -3.00. The lowest BCUT2D eigenvalue weighted by molar-refractivity contribution is -0.134. The van der Waals surface area contributed by atoms with Crippen LogP contribution in [0.5, 0.6) is 0 Å². The highest BCUT2D eigenvalue weighted by Gasteiger charge is 2.24. The van der Waals surface area contributed by atoms with Crippen LogP contribution in [-0.2, 0) is 9.53 Å². The molecule has 32 heavy (non-hydrogen) atoms. The van der Waals surface area contributed by atoms with Crippen molar-refractivity contribution in [3.8, 4) is 5.69 Å². The van der Waals surface area contributed by atoms with Crippen molar-refractivity contribution in [3.63, 3.8) is 0 Å². The van der Waals surface area contributed by atoms with Crippen LogP contribution in [0.25, 0.3) is 16.7 Å². The Labute approximate surface area is 189 Å². The molecule has 0 saturated carbocycles. The zero-order valence-corrected chi connectivity index (χ0v) is 19.2. The monoisotopic (exact) mass is 436 g/mol. The van der Waals surface area contributed by atoms with Crippen LogP contribution in [0.15, 0.2) is 36.5 Å². The predicted octanol–water partition coefficient (Wildman–Crippen LogP) is 3.40. The Morgan fingerprint density at radius 2 is 1.94 bits per heavy atom. The third-order valence-corrected chi connectivity index (χ3v) is 6.00. The number of rotatable bonds is 7. The molecular weight excluding hydrogens is 404 g/mol. The SMILES string of the molecule is CCC[C@@H](C)c1nc(N2CCCN(C(=O)COC)CC2)c2cnn(-c3ccccc3)c2n1. The molecule has 0 spiro atoms. The number of ether oxygens (including phenoxy) is 1. The standard InChI is InChI=1S/C24H32N6O2/c1-4-9-18(2)22-26-23(29-13-8-12-28(14-15-29)21(31)17-32-3)20-16-25-30(24(20)27-22)19-10-6-5-7-11-19/h5-7,10-11,16,18H,4,8-9,12-15,17H2,1-3H3/t18-/m1/s1. The van der Waals surface area contributed by atoms with Gasteiger partial charge in [0, 0.05) is 39.2 Å². The molecule has 0 radical (unpaired) electrons. The minimum absolute atomic E-state index is 0.0383. The number of hydrogen-bond donors (Lipinski definition) is 0. The Morgan fingerprint density at radius 1 is 1.12 bits per heavy atom. The summed E-state index contributed by atoms with van der Waals surface area (Å²) in [5, 5.41) is 5.61. The van der Waals surface area contributed by atoms with Crippen LogP contribution in [0.4, 0.5) is 5.82 Å². The molecule has 2 aromatic heterocycles. The summed E-state index contributed by atoms with van der Waals surface area (Å²) in [7, 11) is 1.56. The van der Waals surface area contributed by atoms with Gasteiger partial charge in [-0.3, -0.25) is 4.79 Å². The van der Waals surface area contributed by atoms with Crippen molar-refractivity contribution in [2.45, 2.75) is 39.0 Å². The van der Waals surface area contributed by atoms with Crippen molar-refractivity contribution >= 4 is 22.8 Å². The van der Waals surface area contributed by atoms with Gasteiger partial charge < -0.3 is 14.5 Å². The third kappa shape index (κ3) is 4.60. The van der Waals surface area contributed by atoms with E-state index in [0.717, 1.165) is 67.3 Å². The molecule has 1 atom stereocenters. The van der Waals surface area contributed by atoms with Gasteiger partial charge in [-0.05, 0) is 25.0 Å². The van der Waals surface area contributed by atoms with Gasteiger partial charge in [0.25, 0.3) is 0 Å². The maximum absolute atomic E-state index is 12.3. The summed E-state index contributed by atoms with van der Waals surface area (Å²) < 4.78 is 6.94. The number of nitrogens with zero attached hydrogens (tertiary/aromatic N) is 6. The van der Waals surface area contributed by atoms with Gasteiger partial charge in [0.15, 0.2) is 5.65 Å². The summed E-state index contributed by atoms with van der Waals surface area (Å²) in [5.41, 5.74) is 1.81. The fourth-order valence-corrected chi connectivity index (χ4v) is 4.28. The second-order valence-electron chi connectivity index (χ2n) is 8.38. The van der Waals surface area contributed by atoms with Gasteiger partial charge in [-0.2, -0.15) is 5.10 Å². The van der Waals surface area contributed by atoms with Crippen LogP contribution in [0.2, 0.25) is 0 Å². The van der Waals surface area contributed by atoms with E-state index in [-0.39, 0.29) is 18.4 Å². The van der Waals surface area contributed by atoms with Gasteiger partial charge in [-0.25, -0.2) is 14.6 Å². The van der Waals surface area contributed by atoms with Crippen molar-refractivity contribution in [2.24, 2.45) is 0 Å². The number of aromatic nitrogens is 4. The molecule has 0 aliphatic carbocycles. The average Bonchev–Trinajstić information content (AvgIpc) is 3.08. The van der Waals surface area contributed by atoms with E-state index in [1.54, 1.807) is 7.11 Å². The molecule has 1 saturated heterocycles. The summed E-state index contributed by atoms with van der Waals surface area (Å²) in [6.45, 7) is 7.44. The number of amides is 1. The summed E-state index contributed by atoms with van der Waals surface area (Å²) >= 11 is 0. The number of fused-ring (bicyclic) bond motifs is 1. The Bertz CT molecular complexity index is 1050. The van der Waals surface area contributed by atoms with E-state index in [2.05, 4.69) is 23.8 Å². The predicted molar refractivity (Wildman–Crippen MR) is 125 cm³/mol. The maximum atomic E-state index is 12.3. The minimum atomic E-state index is 0.0383. The van der Waals surface area contributed by atoms with Crippen LogP contribution in [0.1, 0.15) is 44.9 Å². The topological polar surface area (TPSA) is 76.4 Å². The van der Waals surface area contributed by atoms with Crippen molar-refractivity contribution in [2.75, 3.05) is 44.8 Å². The fraction of sp³-hybridized carbons (Fsp3) is 0.500. The van der Waals surface area contributed by atoms with Crippen LogP contribution in [-0.4, -0.2) is 70.5 Å². The summed E-state index contributed by atoms with van der Waals surface area (Å²) in [5.74, 6) is 2.06. The van der Waals surface area contributed by atoms with Crippen molar-refractivity contribution in [3.05, 3.63) is 42.4 Å². The van der Waals surface area contributed by atoms with Crippen LogP contribution in [0.3, 0.4) is 0 Å². The van der Waals surface area contributed by atoms with Crippen LogP contribution < -0.4 is 4.90 Å². The van der Waals surface area contributed by atoms with Gasteiger partial charge in [0.1, 0.15) is 18.2 Å². The third-order valence-electron chi connectivity index (χ3n) is 6.00. The van der Waals surface area contributed by atoms with E-state index in [9.17, 15) is 4.79 Å². The molecule has 8 heteroatoms. The Morgan fingerprint density at radius 3 is 2.69 bits per heavy atom. The van der Waals surface area contributed by atoms with Gasteiger partial charge in [0.2, 0.25) is 5.91 Å². The van der Waals surface area contributed by atoms with E-state index in [1.807, 2.05) is 46.1 Å². The quantitative estimate of drug-likeness (QED) is 0.565. The molecule has 170 valence electrons. The molecule has 3 heterocycles. The smallest absolute Gasteiger partial charge is 0.248 e. The van der Waals surface area contributed by atoms with Gasteiger partial charge in [-0.1, -0.05) is 38.5 Å². The molecular formula is C24H32N6O2. The zero-order valence-electron chi connectivity index (χ0n) is 19.2. The summed E-state index contributed by atoms with van der Waals surface area (Å²) in [6.07, 6.45) is 4.86. The normalized spacial score (nSPS) is 15.7. The van der Waals surface area contributed by atoms with E-state index in [1.165, 1.54) is 0 Å². The number of carbonyl (C=O) groups is 1. The molecule has 0 unspecified atom stereocenters. The Kier molecular flexibility index (Phi) is 6.99. The molecule has 1 aromatic carbocycles. The molecule has 4 rings (SSSR count). The number of methoxy groups -OCH3 is 1. The largest absolute Gasteiger partial charge is 0.375 e. The molecule has 0 bridgehead atoms. The van der Waals surface area contributed by atoms with Gasteiger partial charge >= 0.3 is 0 Å². The number of hydrogen-bond acceptors (Lipinski definition) is 6. The van der Waals surface area contributed by atoms with Crippen LogP contribution in [0, 0.1) is 0 Å². The molecule has 1 amide bonds. The summed E-state index contributed by atoms with van der Waals surface area (Å²) in [4.78, 5) is 26.5. The molecule has 1 aliphatic rings. The van der Waals surface area contributed by atoms with Crippen molar-refractivity contribution in [1.82, 2.24) is 24.6 Å². The van der Waals surface area contributed by atoms with E-state index < -0.39 is 0 Å². The number of para-hydroxylation sites is 1. The number of carbonyl (C=O) groups excluding carboxylic acids is 1. The number of benzene rings is 1.